The highest BCUT2D eigenvalue weighted by atomic mass is 16.2. The number of carbonyl (C=O) groups is 1. The summed E-state index contributed by atoms with van der Waals surface area (Å²) < 4.78 is 2.12. The highest BCUT2D eigenvalue weighted by Crippen LogP contribution is 2.06. The minimum absolute atomic E-state index is 0.0253. The van der Waals surface area contributed by atoms with E-state index in [2.05, 4.69) is 15.4 Å². The van der Waals surface area contributed by atoms with E-state index >= 15 is 0 Å². The van der Waals surface area contributed by atoms with Gasteiger partial charge in [-0.3, -0.25) is 19.1 Å². The summed E-state index contributed by atoms with van der Waals surface area (Å²) in [5, 5.41) is 6.83. The summed E-state index contributed by atoms with van der Waals surface area (Å²) in [4.78, 5) is 43.1. The number of aromatic nitrogens is 4. The van der Waals surface area contributed by atoms with Crippen LogP contribution in [0.1, 0.15) is 27.2 Å². The zero-order chi connectivity index (χ0) is 22.5. The van der Waals surface area contributed by atoms with Crippen LogP contribution in [0.4, 0.5) is 0 Å². The Hall–Kier alpha value is -4.33. The van der Waals surface area contributed by atoms with Gasteiger partial charge in [0, 0.05) is 18.9 Å². The van der Waals surface area contributed by atoms with Crippen LogP contribution in [-0.4, -0.2) is 25.2 Å². The number of rotatable bonds is 6. The van der Waals surface area contributed by atoms with Crippen LogP contribution in [0.15, 0.2) is 88.7 Å². The molecule has 0 saturated heterocycles. The van der Waals surface area contributed by atoms with E-state index in [0.29, 0.717) is 5.69 Å². The van der Waals surface area contributed by atoms with E-state index in [4.69, 9.17) is 0 Å². The molecule has 0 aliphatic carbocycles. The number of hydrogen-bond donors (Lipinski definition) is 1. The van der Waals surface area contributed by atoms with Gasteiger partial charge in [0.1, 0.15) is 0 Å². The molecule has 2 heterocycles. The van der Waals surface area contributed by atoms with E-state index in [1.54, 1.807) is 36.7 Å². The quantitative estimate of drug-likeness (QED) is 0.508. The van der Waals surface area contributed by atoms with Gasteiger partial charge in [0.2, 0.25) is 5.69 Å². The Morgan fingerprint density at radius 1 is 0.906 bits per heavy atom. The number of aryl methyl sites for hydroxylation is 1. The molecule has 0 aliphatic heterocycles. The summed E-state index contributed by atoms with van der Waals surface area (Å²) in [6.45, 7) is 2.15. The molecule has 8 heteroatoms. The summed E-state index contributed by atoms with van der Waals surface area (Å²) in [5.74, 6) is -0.658. The molecule has 2 aromatic carbocycles. The zero-order valence-electron chi connectivity index (χ0n) is 17.4. The third kappa shape index (κ3) is 4.54. The average molecular weight is 427 g/mol. The van der Waals surface area contributed by atoms with Crippen molar-refractivity contribution in [1.82, 2.24) is 24.6 Å². The maximum absolute atomic E-state index is 13.2. The molecular weight excluding hydrogens is 406 g/mol. The highest BCUT2D eigenvalue weighted by molar-refractivity contribution is 5.91. The molecule has 4 rings (SSSR count). The van der Waals surface area contributed by atoms with E-state index in [9.17, 15) is 14.4 Å². The van der Waals surface area contributed by atoms with Crippen molar-refractivity contribution in [2.75, 3.05) is 0 Å². The summed E-state index contributed by atoms with van der Waals surface area (Å²) in [7, 11) is 0. The predicted octanol–water partition coefficient (Wildman–Crippen LogP) is 2.08. The molecule has 4 aromatic rings. The number of benzene rings is 2. The van der Waals surface area contributed by atoms with Crippen LogP contribution in [0, 0.1) is 6.92 Å². The lowest BCUT2D eigenvalue weighted by molar-refractivity contribution is 0.0941. The fraction of sp³-hybridized carbons (Fsp3) is 0.125. The van der Waals surface area contributed by atoms with E-state index < -0.39 is 17.2 Å². The standard InChI is InChI=1S/C24H21N5O3/c1-17-7-9-20(10-8-17)29-24(32)28(16-19-5-3-2-4-6-19)23(31)21(27-29)22(30)26-15-18-11-13-25-14-12-18/h2-14H,15-16H2,1H3,(H,26,30). The highest BCUT2D eigenvalue weighted by Gasteiger charge is 2.20. The van der Waals surface area contributed by atoms with Crippen molar-refractivity contribution >= 4 is 5.91 Å². The van der Waals surface area contributed by atoms with Gasteiger partial charge in [-0.1, -0.05) is 48.0 Å². The summed E-state index contributed by atoms with van der Waals surface area (Å²) >= 11 is 0. The molecule has 160 valence electrons. The summed E-state index contributed by atoms with van der Waals surface area (Å²) in [5.41, 5.74) is 1.35. The first kappa shape index (κ1) is 20.9. The lowest BCUT2D eigenvalue weighted by atomic mass is 10.2. The second-order valence-corrected chi connectivity index (χ2v) is 7.29. The predicted molar refractivity (Wildman–Crippen MR) is 120 cm³/mol. The number of amides is 1. The number of hydrogen-bond acceptors (Lipinski definition) is 5. The topological polar surface area (TPSA) is 98.9 Å². The summed E-state index contributed by atoms with van der Waals surface area (Å²) in [6, 6.07) is 19.7. The first-order valence-corrected chi connectivity index (χ1v) is 10.0. The molecule has 2 aromatic heterocycles. The fourth-order valence-electron chi connectivity index (χ4n) is 3.18. The molecule has 1 amide bonds. The van der Waals surface area contributed by atoms with Gasteiger partial charge in [-0.2, -0.15) is 9.78 Å². The minimum atomic E-state index is -0.741. The molecule has 1 N–H and O–H groups in total. The Balaban J connectivity index is 1.77. The molecule has 8 nitrogen and oxygen atoms in total. The van der Waals surface area contributed by atoms with Crippen molar-refractivity contribution in [3.63, 3.8) is 0 Å². The third-order valence-electron chi connectivity index (χ3n) is 4.94. The summed E-state index contributed by atoms with van der Waals surface area (Å²) in [6.07, 6.45) is 3.23. The maximum Gasteiger partial charge on any atom is 0.352 e. The second-order valence-electron chi connectivity index (χ2n) is 7.29. The molecule has 0 fully saturated rings. The van der Waals surface area contributed by atoms with Crippen molar-refractivity contribution in [2.45, 2.75) is 20.0 Å². The molecule has 0 bridgehead atoms. The van der Waals surface area contributed by atoms with Crippen LogP contribution >= 0.6 is 0 Å². The van der Waals surface area contributed by atoms with Crippen molar-refractivity contribution in [1.29, 1.82) is 0 Å². The van der Waals surface area contributed by atoms with Gasteiger partial charge in [0.05, 0.1) is 12.2 Å². The Kier molecular flexibility index (Phi) is 6.03. The van der Waals surface area contributed by atoms with Crippen molar-refractivity contribution in [3.05, 3.63) is 122 Å². The fourth-order valence-corrected chi connectivity index (χ4v) is 3.18. The van der Waals surface area contributed by atoms with Crippen LogP contribution in [0.3, 0.4) is 0 Å². The van der Waals surface area contributed by atoms with E-state index in [0.717, 1.165) is 25.9 Å². The smallest absolute Gasteiger partial charge is 0.346 e. The van der Waals surface area contributed by atoms with E-state index in [-0.39, 0.29) is 18.8 Å². The Morgan fingerprint density at radius 2 is 1.59 bits per heavy atom. The zero-order valence-corrected chi connectivity index (χ0v) is 17.4. The van der Waals surface area contributed by atoms with Crippen LogP contribution in [0.25, 0.3) is 5.69 Å². The van der Waals surface area contributed by atoms with Gasteiger partial charge in [-0.05, 0) is 42.3 Å². The van der Waals surface area contributed by atoms with Crippen molar-refractivity contribution in [3.8, 4) is 5.69 Å². The van der Waals surface area contributed by atoms with Gasteiger partial charge in [-0.15, -0.1) is 0 Å². The monoisotopic (exact) mass is 427 g/mol. The van der Waals surface area contributed by atoms with Gasteiger partial charge in [0.15, 0.2) is 0 Å². The van der Waals surface area contributed by atoms with Crippen molar-refractivity contribution in [2.24, 2.45) is 0 Å². The van der Waals surface area contributed by atoms with Gasteiger partial charge in [-0.25, -0.2) is 4.79 Å². The lowest BCUT2D eigenvalue weighted by Crippen LogP contribution is -2.46. The first-order valence-electron chi connectivity index (χ1n) is 10.0. The Labute approximate surface area is 183 Å². The number of nitrogens with one attached hydrogen (secondary N) is 1. The average Bonchev–Trinajstić information content (AvgIpc) is 2.82. The van der Waals surface area contributed by atoms with Crippen LogP contribution in [0.2, 0.25) is 0 Å². The number of nitrogens with zero attached hydrogens (tertiary/aromatic N) is 4. The van der Waals surface area contributed by atoms with Gasteiger partial charge >= 0.3 is 5.69 Å². The van der Waals surface area contributed by atoms with Crippen LogP contribution in [0.5, 0.6) is 0 Å². The molecule has 0 spiro atoms. The number of pyridine rings is 1. The second kappa shape index (κ2) is 9.22. The molecule has 32 heavy (non-hydrogen) atoms. The SMILES string of the molecule is Cc1ccc(-n2nc(C(=O)NCc3ccncc3)c(=O)n(Cc3ccccc3)c2=O)cc1. The molecule has 0 aliphatic rings. The van der Waals surface area contributed by atoms with Gasteiger partial charge < -0.3 is 5.32 Å². The molecule has 0 radical (unpaired) electrons. The first-order chi connectivity index (χ1) is 15.5. The largest absolute Gasteiger partial charge is 0.352 e. The minimum Gasteiger partial charge on any atom is -0.346 e. The van der Waals surface area contributed by atoms with Crippen molar-refractivity contribution < 1.29 is 4.79 Å². The van der Waals surface area contributed by atoms with E-state index in [1.807, 2.05) is 49.4 Å². The molecular formula is C24H21N5O3. The molecule has 0 atom stereocenters. The molecule has 0 saturated carbocycles. The number of carbonyl (C=O) groups excluding carboxylic acids is 1. The maximum atomic E-state index is 13.2. The normalized spacial score (nSPS) is 10.7. The Bertz CT molecular complexity index is 1340. The lowest BCUT2D eigenvalue weighted by Gasteiger charge is -2.12. The van der Waals surface area contributed by atoms with Gasteiger partial charge in [0.25, 0.3) is 11.5 Å². The van der Waals surface area contributed by atoms with E-state index in [1.165, 1.54) is 0 Å². The Morgan fingerprint density at radius 3 is 2.28 bits per heavy atom. The third-order valence-corrected chi connectivity index (χ3v) is 4.94. The molecule has 0 unspecified atom stereocenters. The van der Waals surface area contributed by atoms with Crippen LogP contribution < -0.4 is 16.6 Å². The van der Waals surface area contributed by atoms with Crippen LogP contribution in [-0.2, 0) is 13.1 Å².